The minimum absolute atomic E-state index is 0.183. The number of fused-ring (bicyclic) bond motifs is 1. The molecule has 1 aromatic carbocycles. The summed E-state index contributed by atoms with van der Waals surface area (Å²) in [6.45, 7) is 0. The molecule has 0 spiro atoms. The lowest BCUT2D eigenvalue weighted by Gasteiger charge is -2.37. The molecule has 1 aliphatic rings. The van der Waals surface area contributed by atoms with Crippen molar-refractivity contribution in [3.63, 3.8) is 0 Å². The third-order valence-electron chi connectivity index (χ3n) is 3.89. The van der Waals surface area contributed by atoms with E-state index in [2.05, 4.69) is 4.98 Å². The minimum Gasteiger partial charge on any atom is -0.387 e. The molecule has 0 fully saturated rings. The second-order valence-electron chi connectivity index (χ2n) is 5.14. The summed E-state index contributed by atoms with van der Waals surface area (Å²) in [6.07, 6.45) is 2.92. The third-order valence-corrected chi connectivity index (χ3v) is 5.85. The highest BCUT2D eigenvalue weighted by atomic mass is 32.2. The predicted molar refractivity (Wildman–Crippen MR) is 78.1 cm³/mol. The van der Waals surface area contributed by atoms with Crippen molar-refractivity contribution >= 4 is 10.0 Å². The van der Waals surface area contributed by atoms with E-state index in [-0.39, 0.29) is 4.90 Å². The van der Waals surface area contributed by atoms with Gasteiger partial charge in [0.15, 0.2) is 0 Å². The van der Waals surface area contributed by atoms with Gasteiger partial charge in [0.05, 0.1) is 17.0 Å². The van der Waals surface area contributed by atoms with Gasteiger partial charge in [0, 0.05) is 25.0 Å². The van der Waals surface area contributed by atoms with Gasteiger partial charge in [-0.1, -0.05) is 24.3 Å². The molecule has 110 valence electrons. The van der Waals surface area contributed by atoms with Gasteiger partial charge in [0.25, 0.3) is 0 Å². The van der Waals surface area contributed by atoms with Crippen LogP contribution in [0.3, 0.4) is 0 Å². The number of hydrogen-bond donors (Lipinski definition) is 1. The second kappa shape index (κ2) is 5.22. The Morgan fingerprint density at radius 1 is 1.24 bits per heavy atom. The molecule has 2 aromatic rings. The number of hydrogen-bond acceptors (Lipinski definition) is 4. The van der Waals surface area contributed by atoms with Crippen LogP contribution in [0, 0.1) is 0 Å². The first kappa shape index (κ1) is 14.2. The van der Waals surface area contributed by atoms with Crippen molar-refractivity contribution in [3.8, 4) is 0 Å². The monoisotopic (exact) mass is 304 g/mol. The normalized spacial score (nSPS) is 24.5. The number of sulfonamides is 1. The Labute approximate surface area is 123 Å². The summed E-state index contributed by atoms with van der Waals surface area (Å²) >= 11 is 0. The molecule has 21 heavy (non-hydrogen) atoms. The average molecular weight is 304 g/mol. The molecule has 6 heteroatoms. The summed E-state index contributed by atoms with van der Waals surface area (Å²) in [5.41, 5.74) is 1.35. The molecule has 1 aliphatic heterocycles. The lowest BCUT2D eigenvalue weighted by atomic mass is 9.96. The van der Waals surface area contributed by atoms with Gasteiger partial charge in [-0.3, -0.25) is 4.98 Å². The molecule has 0 saturated heterocycles. The molecule has 0 saturated carbocycles. The maximum atomic E-state index is 12.5. The number of aromatic nitrogens is 1. The Kier molecular flexibility index (Phi) is 3.52. The first-order chi connectivity index (χ1) is 10.0. The Hall–Kier alpha value is -1.76. The molecule has 1 aromatic heterocycles. The summed E-state index contributed by atoms with van der Waals surface area (Å²) < 4.78 is 26.4. The SMILES string of the molecule is CN1[C@H](Cc2cccnc2)[C@@H](O)c2ccccc2S1(=O)=O. The van der Waals surface area contributed by atoms with Crippen LogP contribution in [-0.4, -0.2) is 35.9 Å². The number of pyridine rings is 1. The summed E-state index contributed by atoms with van der Waals surface area (Å²) in [5, 5.41) is 10.6. The van der Waals surface area contributed by atoms with E-state index < -0.39 is 22.2 Å². The smallest absolute Gasteiger partial charge is 0.243 e. The number of rotatable bonds is 2. The minimum atomic E-state index is -3.57. The molecule has 0 unspecified atom stereocenters. The Balaban J connectivity index is 2.04. The summed E-state index contributed by atoms with van der Waals surface area (Å²) in [5.74, 6) is 0. The highest BCUT2D eigenvalue weighted by Crippen LogP contribution is 2.36. The zero-order valence-electron chi connectivity index (χ0n) is 11.5. The number of benzene rings is 1. The van der Waals surface area contributed by atoms with Crippen molar-refractivity contribution in [3.05, 3.63) is 59.9 Å². The molecule has 5 nitrogen and oxygen atoms in total. The van der Waals surface area contributed by atoms with Crippen LogP contribution in [0.4, 0.5) is 0 Å². The standard InChI is InChI=1S/C15H16N2O3S/c1-17-13(9-11-5-4-8-16-10-11)15(18)12-6-2-3-7-14(12)21(17,19)20/h2-8,10,13,15,18H,9H2,1H3/t13-,15+/m1/s1. The summed E-state index contributed by atoms with van der Waals surface area (Å²) in [6, 6.07) is 9.75. The molecule has 0 radical (unpaired) electrons. The van der Waals surface area contributed by atoms with Crippen LogP contribution < -0.4 is 0 Å². The van der Waals surface area contributed by atoms with Crippen LogP contribution in [0.2, 0.25) is 0 Å². The molecule has 0 amide bonds. The van der Waals surface area contributed by atoms with Gasteiger partial charge < -0.3 is 5.11 Å². The third kappa shape index (κ3) is 2.35. The lowest BCUT2D eigenvalue weighted by Crippen LogP contribution is -2.46. The summed E-state index contributed by atoms with van der Waals surface area (Å²) in [7, 11) is -2.06. The maximum absolute atomic E-state index is 12.5. The second-order valence-corrected chi connectivity index (χ2v) is 7.10. The first-order valence-corrected chi connectivity index (χ1v) is 8.10. The fourth-order valence-corrected chi connectivity index (χ4v) is 4.29. The molecule has 2 atom stereocenters. The van der Waals surface area contributed by atoms with E-state index in [1.54, 1.807) is 36.7 Å². The van der Waals surface area contributed by atoms with Crippen molar-refractivity contribution < 1.29 is 13.5 Å². The van der Waals surface area contributed by atoms with Gasteiger partial charge in [-0.2, -0.15) is 4.31 Å². The van der Waals surface area contributed by atoms with Gasteiger partial charge in [-0.05, 0) is 24.1 Å². The van der Waals surface area contributed by atoms with Gasteiger partial charge in [-0.25, -0.2) is 8.42 Å². The van der Waals surface area contributed by atoms with Crippen LogP contribution in [0.5, 0.6) is 0 Å². The van der Waals surface area contributed by atoms with Gasteiger partial charge in [-0.15, -0.1) is 0 Å². The Morgan fingerprint density at radius 3 is 2.71 bits per heavy atom. The molecular weight excluding hydrogens is 288 g/mol. The fourth-order valence-electron chi connectivity index (χ4n) is 2.70. The van der Waals surface area contributed by atoms with Crippen molar-refractivity contribution in [2.45, 2.75) is 23.5 Å². The molecule has 0 bridgehead atoms. The van der Waals surface area contributed by atoms with Crippen LogP contribution in [-0.2, 0) is 16.4 Å². The number of aliphatic hydroxyl groups excluding tert-OH is 1. The molecule has 1 N–H and O–H groups in total. The molecule has 2 heterocycles. The largest absolute Gasteiger partial charge is 0.387 e. The van der Waals surface area contributed by atoms with E-state index in [1.807, 2.05) is 6.07 Å². The quantitative estimate of drug-likeness (QED) is 0.909. The number of aliphatic hydroxyl groups is 1. The van der Waals surface area contributed by atoms with E-state index in [9.17, 15) is 13.5 Å². The van der Waals surface area contributed by atoms with Crippen LogP contribution in [0.1, 0.15) is 17.2 Å². The summed E-state index contributed by atoms with van der Waals surface area (Å²) in [4.78, 5) is 4.21. The first-order valence-electron chi connectivity index (χ1n) is 6.66. The van der Waals surface area contributed by atoms with Crippen LogP contribution in [0.25, 0.3) is 0 Å². The number of likely N-dealkylation sites (N-methyl/N-ethyl adjacent to an activating group) is 1. The van der Waals surface area contributed by atoms with E-state index >= 15 is 0 Å². The average Bonchev–Trinajstić information content (AvgIpc) is 2.51. The van der Waals surface area contributed by atoms with Crippen LogP contribution >= 0.6 is 0 Å². The molecule has 3 rings (SSSR count). The van der Waals surface area contributed by atoms with Gasteiger partial charge in [0.1, 0.15) is 0 Å². The predicted octanol–water partition coefficient (Wildman–Crippen LogP) is 1.36. The van der Waals surface area contributed by atoms with E-state index in [0.29, 0.717) is 12.0 Å². The molecular formula is C15H16N2O3S. The van der Waals surface area contributed by atoms with Crippen molar-refractivity contribution in [2.24, 2.45) is 0 Å². The van der Waals surface area contributed by atoms with Crippen LogP contribution in [0.15, 0.2) is 53.7 Å². The lowest BCUT2D eigenvalue weighted by molar-refractivity contribution is 0.0891. The Morgan fingerprint density at radius 2 is 2.00 bits per heavy atom. The van der Waals surface area contributed by atoms with Crippen molar-refractivity contribution in [2.75, 3.05) is 7.05 Å². The van der Waals surface area contributed by atoms with E-state index in [0.717, 1.165) is 5.56 Å². The number of nitrogens with zero attached hydrogens (tertiary/aromatic N) is 2. The highest BCUT2D eigenvalue weighted by molar-refractivity contribution is 7.89. The van der Waals surface area contributed by atoms with E-state index in [1.165, 1.54) is 17.4 Å². The zero-order valence-corrected chi connectivity index (χ0v) is 12.4. The van der Waals surface area contributed by atoms with E-state index in [4.69, 9.17) is 0 Å². The zero-order chi connectivity index (χ0) is 15.0. The van der Waals surface area contributed by atoms with Crippen molar-refractivity contribution in [1.29, 1.82) is 0 Å². The maximum Gasteiger partial charge on any atom is 0.243 e. The fraction of sp³-hybridized carbons (Fsp3) is 0.267. The van der Waals surface area contributed by atoms with Gasteiger partial charge in [0.2, 0.25) is 10.0 Å². The topological polar surface area (TPSA) is 70.5 Å². The van der Waals surface area contributed by atoms with Gasteiger partial charge >= 0.3 is 0 Å². The molecule has 0 aliphatic carbocycles. The Bertz CT molecular complexity index is 747. The van der Waals surface area contributed by atoms with Crippen molar-refractivity contribution in [1.82, 2.24) is 9.29 Å². The highest BCUT2D eigenvalue weighted by Gasteiger charge is 2.41.